The van der Waals surface area contributed by atoms with Gasteiger partial charge in [-0.2, -0.15) is 5.26 Å². The first-order chi connectivity index (χ1) is 8.07. The minimum atomic E-state index is -0.649. The third-order valence-corrected chi connectivity index (χ3v) is 3.43. The van der Waals surface area contributed by atoms with E-state index in [1.165, 1.54) is 26.1 Å². The van der Waals surface area contributed by atoms with Crippen molar-refractivity contribution < 1.29 is 0 Å². The summed E-state index contributed by atoms with van der Waals surface area (Å²) in [6, 6.07) is 2.15. The maximum atomic E-state index is 8.83. The first-order valence-corrected chi connectivity index (χ1v) is 6.72. The second-order valence-corrected chi connectivity index (χ2v) is 5.32. The molecule has 98 valence electrons. The Kier molecular flexibility index (Phi) is 5.90. The highest BCUT2D eigenvalue weighted by molar-refractivity contribution is 5.00. The summed E-state index contributed by atoms with van der Waals surface area (Å²) in [4.78, 5) is 5.01. The second-order valence-electron chi connectivity index (χ2n) is 5.32. The fraction of sp³-hybridized carbons (Fsp3) is 0.923. The van der Waals surface area contributed by atoms with Crippen molar-refractivity contribution in [1.29, 1.82) is 5.26 Å². The van der Waals surface area contributed by atoms with Gasteiger partial charge in [0.15, 0.2) is 0 Å². The summed E-state index contributed by atoms with van der Waals surface area (Å²) in [5, 5.41) is 8.83. The Bertz CT molecular complexity index is 249. The zero-order chi connectivity index (χ0) is 12.7. The average molecular weight is 238 g/mol. The third kappa shape index (κ3) is 5.49. The van der Waals surface area contributed by atoms with Gasteiger partial charge in [0.05, 0.1) is 6.07 Å². The van der Waals surface area contributed by atoms with Crippen LogP contribution in [0.1, 0.15) is 33.1 Å². The van der Waals surface area contributed by atoms with E-state index in [0.717, 1.165) is 32.5 Å². The van der Waals surface area contributed by atoms with Gasteiger partial charge < -0.3 is 15.5 Å². The van der Waals surface area contributed by atoms with Gasteiger partial charge in [0.2, 0.25) is 0 Å². The molecule has 0 aromatic heterocycles. The van der Waals surface area contributed by atoms with Gasteiger partial charge in [-0.3, -0.25) is 0 Å². The van der Waals surface area contributed by atoms with Crippen LogP contribution in [-0.4, -0.2) is 54.6 Å². The number of nitriles is 1. The van der Waals surface area contributed by atoms with Gasteiger partial charge in [0, 0.05) is 26.2 Å². The minimum Gasteiger partial charge on any atom is -0.314 e. The number of rotatable bonds is 6. The van der Waals surface area contributed by atoms with Gasteiger partial charge in [-0.15, -0.1) is 0 Å². The van der Waals surface area contributed by atoms with Gasteiger partial charge >= 0.3 is 0 Å². The molecular formula is C13H26N4. The Hall–Kier alpha value is -0.630. The van der Waals surface area contributed by atoms with Crippen molar-refractivity contribution in [3.63, 3.8) is 0 Å². The fourth-order valence-electron chi connectivity index (χ4n) is 2.28. The quantitative estimate of drug-likeness (QED) is 0.751. The van der Waals surface area contributed by atoms with E-state index in [4.69, 9.17) is 11.0 Å². The standard InChI is InChI=1S/C13H26N4/c1-3-6-16-8-10-17(11-9-16)7-4-5-13(2,15)12-14/h3-11,15H2,1-2H3. The molecule has 1 aliphatic heterocycles. The van der Waals surface area contributed by atoms with Crippen LogP contribution in [0.3, 0.4) is 0 Å². The normalized spacial score (nSPS) is 22.0. The molecule has 1 fully saturated rings. The molecule has 1 aliphatic rings. The van der Waals surface area contributed by atoms with Crippen molar-refractivity contribution in [2.75, 3.05) is 39.3 Å². The summed E-state index contributed by atoms with van der Waals surface area (Å²) >= 11 is 0. The molecule has 0 spiro atoms. The lowest BCUT2D eigenvalue weighted by Crippen LogP contribution is -2.47. The monoisotopic (exact) mass is 238 g/mol. The number of hydrogen-bond acceptors (Lipinski definition) is 4. The summed E-state index contributed by atoms with van der Waals surface area (Å²) in [6.45, 7) is 11.0. The Balaban J connectivity index is 2.13. The minimum absolute atomic E-state index is 0.649. The SMILES string of the molecule is CCCN1CCN(CCCC(C)(N)C#N)CC1. The lowest BCUT2D eigenvalue weighted by molar-refractivity contribution is 0.130. The molecule has 0 amide bonds. The fourth-order valence-corrected chi connectivity index (χ4v) is 2.28. The van der Waals surface area contributed by atoms with E-state index in [1.807, 2.05) is 6.92 Å². The van der Waals surface area contributed by atoms with Crippen LogP contribution < -0.4 is 5.73 Å². The molecule has 4 heteroatoms. The molecule has 1 rings (SSSR count). The van der Waals surface area contributed by atoms with Crippen LogP contribution in [0.5, 0.6) is 0 Å². The maximum absolute atomic E-state index is 8.83. The molecule has 1 heterocycles. The summed E-state index contributed by atoms with van der Waals surface area (Å²) < 4.78 is 0. The number of hydrogen-bond donors (Lipinski definition) is 1. The van der Waals surface area contributed by atoms with Crippen molar-refractivity contribution in [1.82, 2.24) is 9.80 Å². The largest absolute Gasteiger partial charge is 0.314 e. The Morgan fingerprint density at radius 2 is 1.71 bits per heavy atom. The van der Waals surface area contributed by atoms with E-state index >= 15 is 0 Å². The van der Waals surface area contributed by atoms with Crippen molar-refractivity contribution in [2.24, 2.45) is 5.73 Å². The molecule has 1 atom stereocenters. The number of nitrogens with two attached hydrogens (primary N) is 1. The van der Waals surface area contributed by atoms with Gasteiger partial charge in [-0.05, 0) is 39.3 Å². The van der Waals surface area contributed by atoms with E-state index in [1.54, 1.807) is 0 Å². The lowest BCUT2D eigenvalue weighted by atomic mass is 9.99. The average Bonchev–Trinajstić information content (AvgIpc) is 2.32. The van der Waals surface area contributed by atoms with Gasteiger partial charge in [0.25, 0.3) is 0 Å². The third-order valence-electron chi connectivity index (χ3n) is 3.43. The van der Waals surface area contributed by atoms with E-state index in [-0.39, 0.29) is 0 Å². The first kappa shape index (κ1) is 14.4. The van der Waals surface area contributed by atoms with Crippen LogP contribution in [0.25, 0.3) is 0 Å². The second kappa shape index (κ2) is 6.95. The molecule has 4 nitrogen and oxygen atoms in total. The molecule has 0 bridgehead atoms. The molecule has 0 radical (unpaired) electrons. The van der Waals surface area contributed by atoms with E-state index in [9.17, 15) is 0 Å². The van der Waals surface area contributed by atoms with E-state index in [2.05, 4.69) is 22.8 Å². The van der Waals surface area contributed by atoms with Crippen LogP contribution in [0, 0.1) is 11.3 Å². The summed E-state index contributed by atoms with van der Waals surface area (Å²) in [6.07, 6.45) is 3.06. The van der Waals surface area contributed by atoms with Crippen molar-refractivity contribution >= 4 is 0 Å². The van der Waals surface area contributed by atoms with Crippen LogP contribution in [0.4, 0.5) is 0 Å². The molecule has 1 saturated heterocycles. The highest BCUT2D eigenvalue weighted by atomic mass is 15.3. The molecule has 0 aromatic rings. The zero-order valence-corrected chi connectivity index (χ0v) is 11.3. The van der Waals surface area contributed by atoms with Gasteiger partial charge in [-0.25, -0.2) is 0 Å². The first-order valence-electron chi connectivity index (χ1n) is 6.72. The summed E-state index contributed by atoms with van der Waals surface area (Å²) in [7, 11) is 0. The van der Waals surface area contributed by atoms with E-state index in [0.29, 0.717) is 0 Å². The summed E-state index contributed by atoms with van der Waals surface area (Å²) in [5.74, 6) is 0. The lowest BCUT2D eigenvalue weighted by Gasteiger charge is -2.34. The Labute approximate surface area is 105 Å². The molecule has 17 heavy (non-hydrogen) atoms. The smallest absolute Gasteiger partial charge is 0.101 e. The molecule has 0 saturated carbocycles. The molecule has 0 aromatic carbocycles. The zero-order valence-electron chi connectivity index (χ0n) is 11.3. The van der Waals surface area contributed by atoms with Gasteiger partial charge in [-0.1, -0.05) is 6.92 Å². The van der Waals surface area contributed by atoms with Crippen LogP contribution in [0.2, 0.25) is 0 Å². The van der Waals surface area contributed by atoms with Crippen molar-refractivity contribution in [3.8, 4) is 6.07 Å². The van der Waals surface area contributed by atoms with Crippen molar-refractivity contribution in [2.45, 2.75) is 38.6 Å². The van der Waals surface area contributed by atoms with Gasteiger partial charge in [0.1, 0.15) is 5.54 Å². The Morgan fingerprint density at radius 1 is 1.18 bits per heavy atom. The van der Waals surface area contributed by atoms with E-state index < -0.39 is 5.54 Å². The van der Waals surface area contributed by atoms with Crippen LogP contribution >= 0.6 is 0 Å². The molecular weight excluding hydrogens is 212 g/mol. The highest BCUT2D eigenvalue weighted by Crippen LogP contribution is 2.09. The van der Waals surface area contributed by atoms with Crippen LogP contribution in [0.15, 0.2) is 0 Å². The topological polar surface area (TPSA) is 56.3 Å². The molecule has 1 unspecified atom stereocenters. The molecule has 0 aliphatic carbocycles. The highest BCUT2D eigenvalue weighted by Gasteiger charge is 2.19. The summed E-state index contributed by atoms with van der Waals surface area (Å²) in [5.41, 5.74) is 5.16. The maximum Gasteiger partial charge on any atom is 0.101 e. The Morgan fingerprint density at radius 3 is 2.18 bits per heavy atom. The predicted molar refractivity (Wildman–Crippen MR) is 70.6 cm³/mol. The molecule has 2 N–H and O–H groups in total. The number of piperazine rings is 1. The van der Waals surface area contributed by atoms with Crippen molar-refractivity contribution in [3.05, 3.63) is 0 Å². The number of nitrogens with zero attached hydrogens (tertiary/aromatic N) is 3. The van der Waals surface area contributed by atoms with Crippen LogP contribution in [-0.2, 0) is 0 Å². The predicted octanol–water partition coefficient (Wildman–Crippen LogP) is 1.04.